The van der Waals surface area contributed by atoms with Gasteiger partial charge in [-0.05, 0) is 33.1 Å². The summed E-state index contributed by atoms with van der Waals surface area (Å²) in [6.45, 7) is 11.9. The number of carbonyl (C=O) groups is 2. The van der Waals surface area contributed by atoms with Gasteiger partial charge in [-0.2, -0.15) is 0 Å². The maximum Gasteiger partial charge on any atom is 0.350 e. The quantitative estimate of drug-likeness (QED) is 0.333. The second-order valence-electron chi connectivity index (χ2n) is 10.5. The summed E-state index contributed by atoms with van der Waals surface area (Å²) >= 11 is 13.7. The van der Waals surface area contributed by atoms with Gasteiger partial charge in [-0.1, -0.05) is 41.5 Å². The first-order valence-electron chi connectivity index (χ1n) is 13.7. The maximum atomic E-state index is 12.9. The fraction of sp³-hybridized carbons (Fsp3) is 0.519. The van der Waals surface area contributed by atoms with E-state index >= 15 is 0 Å². The minimum atomic E-state index is -0.431. The number of amides is 1. The van der Waals surface area contributed by atoms with Crippen molar-refractivity contribution in [1.82, 2.24) is 30.6 Å². The molecule has 2 fully saturated rings. The number of esters is 1. The number of nitrogens with zero attached hydrogens (tertiary/aromatic N) is 5. The minimum absolute atomic E-state index is 0.0627. The highest BCUT2D eigenvalue weighted by Gasteiger charge is 2.32. The molecule has 0 aliphatic carbocycles. The van der Waals surface area contributed by atoms with E-state index < -0.39 is 5.97 Å². The van der Waals surface area contributed by atoms with Crippen LogP contribution in [-0.4, -0.2) is 83.2 Å². The molecule has 2 saturated heterocycles. The van der Waals surface area contributed by atoms with Crippen LogP contribution in [-0.2, 0) is 4.74 Å². The zero-order chi connectivity index (χ0) is 29.3. The number of thiazole rings is 1. The molecule has 0 unspecified atom stereocenters. The molecule has 11 nitrogen and oxygen atoms in total. The monoisotopic (exact) mass is 620 g/mol. The van der Waals surface area contributed by atoms with Crippen molar-refractivity contribution >= 4 is 57.4 Å². The van der Waals surface area contributed by atoms with Gasteiger partial charge in [-0.25, -0.2) is 19.7 Å². The zero-order valence-corrected chi connectivity index (χ0v) is 25.8. The SMILES string of the molecule is CCOC(=O)c1sc(N2CC[C@@H](NC(=O)c3[nH]c(C)c(Cl)c3Cl)[C@@H](C)C2)nc1-c1cnc(N2CCN[C@H](C)C2)cn1. The number of rotatable bonds is 7. The summed E-state index contributed by atoms with van der Waals surface area (Å²) < 4.78 is 5.34. The van der Waals surface area contributed by atoms with Gasteiger partial charge < -0.3 is 30.2 Å². The van der Waals surface area contributed by atoms with Gasteiger partial charge in [-0.15, -0.1) is 0 Å². The molecule has 0 aromatic carbocycles. The Hall–Kier alpha value is -2.93. The summed E-state index contributed by atoms with van der Waals surface area (Å²) in [5, 5.41) is 7.81. The molecule has 0 spiro atoms. The standard InChI is InChI=1S/C27H34Cl2N8O3S/c1-5-40-26(39)24-22(18-10-32-19(11-31-18)36-9-7-30-15(3)13-36)35-27(41-24)37-8-6-17(14(2)12-37)34-25(38)23-21(29)20(28)16(4)33-23/h10-11,14-15,17,30,33H,5-9,12-13H2,1-4H3,(H,34,38)/t14-,15+,17+/m0/s1. The zero-order valence-electron chi connectivity index (χ0n) is 23.5. The third-order valence-corrected chi connectivity index (χ3v) is 9.47. The Labute approximate surface area is 253 Å². The topological polar surface area (TPSA) is 128 Å². The Bertz CT molecular complexity index is 1410. The van der Waals surface area contributed by atoms with Crippen LogP contribution in [0.5, 0.6) is 0 Å². The third kappa shape index (κ3) is 6.30. The van der Waals surface area contributed by atoms with Gasteiger partial charge >= 0.3 is 5.97 Å². The largest absolute Gasteiger partial charge is 0.462 e. The molecule has 5 heterocycles. The lowest BCUT2D eigenvalue weighted by atomic mass is 9.94. The van der Waals surface area contributed by atoms with Crippen LogP contribution in [0.25, 0.3) is 11.4 Å². The molecule has 14 heteroatoms. The van der Waals surface area contributed by atoms with E-state index in [4.69, 9.17) is 32.9 Å². The summed E-state index contributed by atoms with van der Waals surface area (Å²) in [6, 6.07) is 0.308. The van der Waals surface area contributed by atoms with Gasteiger partial charge in [0.2, 0.25) is 0 Å². The molecule has 41 heavy (non-hydrogen) atoms. The van der Waals surface area contributed by atoms with Crippen molar-refractivity contribution in [3.05, 3.63) is 38.7 Å². The summed E-state index contributed by atoms with van der Waals surface area (Å²) in [4.78, 5) is 47.6. The van der Waals surface area contributed by atoms with Crippen LogP contribution in [0.2, 0.25) is 10.0 Å². The summed E-state index contributed by atoms with van der Waals surface area (Å²) in [5.74, 6) is 0.192. The Morgan fingerprint density at radius 1 is 1.15 bits per heavy atom. The van der Waals surface area contributed by atoms with Crippen molar-refractivity contribution in [2.24, 2.45) is 5.92 Å². The van der Waals surface area contributed by atoms with Gasteiger partial charge in [0.15, 0.2) is 5.13 Å². The molecular weight excluding hydrogens is 587 g/mol. The normalized spacial score (nSPS) is 21.2. The summed E-state index contributed by atoms with van der Waals surface area (Å²) in [7, 11) is 0. The Balaban J connectivity index is 1.32. The van der Waals surface area contributed by atoms with Crippen molar-refractivity contribution in [2.75, 3.05) is 49.1 Å². The molecule has 2 aliphatic rings. The number of hydrogen-bond acceptors (Lipinski definition) is 10. The van der Waals surface area contributed by atoms with Crippen LogP contribution in [0.4, 0.5) is 10.9 Å². The van der Waals surface area contributed by atoms with Gasteiger partial charge in [0.25, 0.3) is 5.91 Å². The highest BCUT2D eigenvalue weighted by molar-refractivity contribution is 7.17. The van der Waals surface area contributed by atoms with Crippen molar-refractivity contribution in [2.45, 2.75) is 46.2 Å². The number of halogens is 2. The predicted octanol–water partition coefficient (Wildman–Crippen LogP) is 4.16. The van der Waals surface area contributed by atoms with Gasteiger partial charge in [0.1, 0.15) is 27.8 Å². The molecule has 2 aliphatic heterocycles. The fourth-order valence-electron chi connectivity index (χ4n) is 5.20. The van der Waals surface area contributed by atoms with Crippen molar-refractivity contribution in [1.29, 1.82) is 0 Å². The number of aryl methyl sites for hydroxylation is 1. The molecule has 3 atom stereocenters. The molecule has 0 radical (unpaired) electrons. The van der Waals surface area contributed by atoms with Crippen LogP contribution in [0.3, 0.4) is 0 Å². The summed E-state index contributed by atoms with van der Waals surface area (Å²) in [5.41, 5.74) is 1.91. The molecule has 0 saturated carbocycles. The minimum Gasteiger partial charge on any atom is -0.462 e. The number of ether oxygens (including phenoxy) is 1. The first-order valence-corrected chi connectivity index (χ1v) is 15.3. The highest BCUT2D eigenvalue weighted by Crippen LogP contribution is 2.35. The van der Waals surface area contributed by atoms with E-state index in [1.54, 1.807) is 26.2 Å². The number of aromatic nitrogens is 4. The van der Waals surface area contributed by atoms with E-state index in [1.165, 1.54) is 11.3 Å². The lowest BCUT2D eigenvalue weighted by Crippen LogP contribution is -2.50. The Kier molecular flexibility index (Phi) is 9.03. The van der Waals surface area contributed by atoms with Crippen LogP contribution < -0.4 is 20.4 Å². The van der Waals surface area contributed by atoms with E-state index in [1.807, 2.05) is 0 Å². The number of piperazine rings is 1. The van der Waals surface area contributed by atoms with E-state index in [-0.39, 0.29) is 35.2 Å². The first kappa shape index (κ1) is 29.6. The lowest BCUT2D eigenvalue weighted by molar-refractivity contribution is 0.0532. The third-order valence-electron chi connectivity index (χ3n) is 7.42. The first-order chi connectivity index (χ1) is 19.7. The van der Waals surface area contributed by atoms with Crippen molar-refractivity contribution < 1.29 is 14.3 Å². The number of carbonyl (C=O) groups excluding carboxylic acids is 2. The average Bonchev–Trinajstić information content (AvgIpc) is 3.52. The number of aromatic amines is 1. The molecule has 3 N–H and O–H groups in total. The maximum absolute atomic E-state index is 12.9. The second-order valence-corrected chi connectivity index (χ2v) is 12.2. The van der Waals surface area contributed by atoms with Crippen LogP contribution in [0.1, 0.15) is 53.0 Å². The second kappa shape index (κ2) is 12.5. The van der Waals surface area contributed by atoms with Crippen LogP contribution in [0.15, 0.2) is 12.4 Å². The molecule has 1 amide bonds. The van der Waals surface area contributed by atoms with Gasteiger partial charge in [0.05, 0.1) is 29.0 Å². The van der Waals surface area contributed by atoms with Crippen LogP contribution in [0, 0.1) is 12.8 Å². The molecule has 5 rings (SSSR count). The Morgan fingerprint density at radius 2 is 1.95 bits per heavy atom. The number of hydrogen-bond donors (Lipinski definition) is 3. The number of piperidine rings is 1. The molecule has 220 valence electrons. The molecular formula is C27H34Cl2N8O3S. The molecule has 0 bridgehead atoms. The van der Waals surface area contributed by atoms with Gasteiger partial charge in [-0.3, -0.25) is 4.79 Å². The van der Waals surface area contributed by atoms with Gasteiger partial charge in [0, 0.05) is 50.5 Å². The fourth-order valence-corrected chi connectivity index (χ4v) is 6.62. The predicted molar refractivity (Wildman–Crippen MR) is 162 cm³/mol. The molecule has 3 aromatic rings. The average molecular weight is 622 g/mol. The van der Waals surface area contributed by atoms with Crippen molar-refractivity contribution in [3.8, 4) is 11.4 Å². The van der Waals surface area contributed by atoms with E-state index in [0.717, 1.165) is 25.5 Å². The van der Waals surface area contributed by atoms with Crippen LogP contribution >= 0.6 is 34.5 Å². The molecule has 3 aromatic heterocycles. The number of nitrogens with one attached hydrogen (secondary N) is 3. The lowest BCUT2D eigenvalue weighted by Gasteiger charge is -2.37. The van der Waals surface area contributed by atoms with E-state index in [9.17, 15) is 9.59 Å². The Morgan fingerprint density at radius 3 is 2.59 bits per heavy atom. The van der Waals surface area contributed by atoms with E-state index in [2.05, 4.69) is 49.2 Å². The van der Waals surface area contributed by atoms with E-state index in [0.29, 0.717) is 57.7 Å². The summed E-state index contributed by atoms with van der Waals surface area (Å²) in [6.07, 6.45) is 4.11. The number of H-pyrrole nitrogens is 1. The highest BCUT2D eigenvalue weighted by atomic mass is 35.5. The number of anilines is 2. The smallest absolute Gasteiger partial charge is 0.350 e. The van der Waals surface area contributed by atoms with Crippen molar-refractivity contribution in [3.63, 3.8) is 0 Å².